The van der Waals surface area contributed by atoms with Gasteiger partial charge in [0.2, 0.25) is 0 Å². The first-order valence-electron chi connectivity index (χ1n) is 8.80. The molecule has 1 aliphatic heterocycles. The van der Waals surface area contributed by atoms with E-state index >= 15 is 0 Å². The monoisotopic (exact) mass is 297 g/mol. The van der Waals surface area contributed by atoms with Crippen LogP contribution in [0.1, 0.15) is 39.5 Å². The minimum atomic E-state index is 0.393. The Morgan fingerprint density at radius 1 is 1.24 bits per heavy atom. The SMILES string of the molecule is CNC1CCC(N(C)CC2CN(CC(C)C)CCO2)CC1. The first kappa shape index (κ1) is 17.2. The molecule has 1 heterocycles. The Hall–Kier alpha value is -0.160. The van der Waals surface area contributed by atoms with Crippen LogP contribution in [-0.4, -0.2) is 74.9 Å². The van der Waals surface area contributed by atoms with Crippen LogP contribution in [0.3, 0.4) is 0 Å². The highest BCUT2D eigenvalue weighted by molar-refractivity contribution is 4.83. The number of nitrogens with zero attached hydrogens (tertiary/aromatic N) is 2. The van der Waals surface area contributed by atoms with Gasteiger partial charge in [0.1, 0.15) is 0 Å². The van der Waals surface area contributed by atoms with Gasteiger partial charge in [0.15, 0.2) is 0 Å². The molecule has 1 saturated heterocycles. The van der Waals surface area contributed by atoms with Gasteiger partial charge in [-0.25, -0.2) is 0 Å². The van der Waals surface area contributed by atoms with Gasteiger partial charge in [-0.3, -0.25) is 4.90 Å². The maximum Gasteiger partial charge on any atom is 0.0829 e. The summed E-state index contributed by atoms with van der Waals surface area (Å²) >= 11 is 0. The van der Waals surface area contributed by atoms with E-state index in [1.54, 1.807) is 0 Å². The van der Waals surface area contributed by atoms with E-state index < -0.39 is 0 Å². The third kappa shape index (κ3) is 5.51. The lowest BCUT2D eigenvalue weighted by Gasteiger charge is -2.39. The summed E-state index contributed by atoms with van der Waals surface area (Å²) in [5, 5.41) is 3.42. The standard InChI is InChI=1S/C17H35N3O/c1-14(2)11-20-9-10-21-17(13-20)12-19(4)16-7-5-15(18-3)6-8-16/h14-18H,5-13H2,1-4H3. The molecule has 2 aliphatic rings. The van der Waals surface area contributed by atoms with E-state index in [9.17, 15) is 0 Å². The zero-order valence-electron chi connectivity index (χ0n) is 14.5. The molecule has 0 bridgehead atoms. The highest BCUT2D eigenvalue weighted by Crippen LogP contribution is 2.23. The van der Waals surface area contributed by atoms with Gasteiger partial charge in [0.05, 0.1) is 12.7 Å². The number of nitrogens with one attached hydrogen (secondary N) is 1. The number of hydrogen-bond acceptors (Lipinski definition) is 4. The molecule has 0 amide bonds. The Morgan fingerprint density at radius 3 is 2.57 bits per heavy atom. The van der Waals surface area contributed by atoms with Gasteiger partial charge in [-0.15, -0.1) is 0 Å². The molecule has 0 aromatic carbocycles. The van der Waals surface area contributed by atoms with Gasteiger partial charge in [-0.1, -0.05) is 13.8 Å². The van der Waals surface area contributed by atoms with Crippen LogP contribution in [-0.2, 0) is 4.74 Å². The van der Waals surface area contributed by atoms with Crippen LogP contribution in [0.4, 0.5) is 0 Å². The third-order valence-corrected chi connectivity index (χ3v) is 5.07. The Kier molecular flexibility index (Phi) is 6.93. The predicted octanol–water partition coefficient (Wildman–Crippen LogP) is 1.81. The maximum atomic E-state index is 6.00. The van der Waals surface area contributed by atoms with Crippen molar-refractivity contribution in [3.05, 3.63) is 0 Å². The minimum Gasteiger partial charge on any atom is -0.374 e. The average Bonchev–Trinajstić information content (AvgIpc) is 2.47. The molecule has 4 nitrogen and oxygen atoms in total. The minimum absolute atomic E-state index is 0.393. The Bertz CT molecular complexity index is 290. The quantitative estimate of drug-likeness (QED) is 0.809. The van der Waals surface area contributed by atoms with E-state index in [0.29, 0.717) is 6.10 Å². The molecule has 124 valence electrons. The molecule has 0 aromatic rings. The van der Waals surface area contributed by atoms with Gasteiger partial charge in [0.25, 0.3) is 0 Å². The summed E-state index contributed by atoms with van der Waals surface area (Å²) in [6.45, 7) is 10.0. The van der Waals surface area contributed by atoms with E-state index in [1.807, 2.05) is 0 Å². The first-order valence-corrected chi connectivity index (χ1v) is 8.80. The molecular weight excluding hydrogens is 262 g/mol. The van der Waals surface area contributed by atoms with Gasteiger partial charge in [0, 0.05) is 38.3 Å². The molecule has 0 aromatic heterocycles. The normalized spacial score (nSPS) is 32.0. The van der Waals surface area contributed by atoms with Crippen LogP contribution in [0.5, 0.6) is 0 Å². The van der Waals surface area contributed by atoms with Crippen LogP contribution in [0.25, 0.3) is 0 Å². The fourth-order valence-corrected chi connectivity index (χ4v) is 3.85. The maximum absolute atomic E-state index is 6.00. The Morgan fingerprint density at radius 2 is 1.95 bits per heavy atom. The van der Waals surface area contributed by atoms with Crippen molar-refractivity contribution in [3.63, 3.8) is 0 Å². The van der Waals surface area contributed by atoms with Gasteiger partial charge in [-0.2, -0.15) is 0 Å². The van der Waals surface area contributed by atoms with Crippen LogP contribution in [0, 0.1) is 5.92 Å². The molecule has 1 N–H and O–H groups in total. The van der Waals surface area contributed by atoms with Crippen LogP contribution in [0.2, 0.25) is 0 Å². The molecular formula is C17H35N3O. The van der Waals surface area contributed by atoms with Gasteiger partial charge in [-0.05, 0) is 45.7 Å². The summed E-state index contributed by atoms with van der Waals surface area (Å²) in [5.74, 6) is 0.748. The zero-order valence-corrected chi connectivity index (χ0v) is 14.5. The highest BCUT2D eigenvalue weighted by Gasteiger charge is 2.27. The van der Waals surface area contributed by atoms with Gasteiger partial charge >= 0.3 is 0 Å². The molecule has 0 radical (unpaired) electrons. The number of ether oxygens (including phenoxy) is 1. The molecule has 2 rings (SSSR count). The molecule has 1 unspecified atom stereocenters. The van der Waals surface area contributed by atoms with E-state index in [0.717, 1.165) is 44.2 Å². The van der Waals surface area contributed by atoms with Crippen molar-refractivity contribution in [1.82, 2.24) is 15.1 Å². The Labute approximate surface area is 131 Å². The summed E-state index contributed by atoms with van der Waals surface area (Å²) in [7, 11) is 4.38. The van der Waals surface area contributed by atoms with E-state index in [-0.39, 0.29) is 0 Å². The predicted molar refractivity (Wildman–Crippen MR) is 88.8 cm³/mol. The zero-order chi connectivity index (χ0) is 15.2. The van der Waals surface area contributed by atoms with Crippen molar-refractivity contribution in [3.8, 4) is 0 Å². The van der Waals surface area contributed by atoms with Crippen LogP contribution in [0.15, 0.2) is 0 Å². The van der Waals surface area contributed by atoms with Crippen molar-refractivity contribution in [1.29, 1.82) is 0 Å². The number of morpholine rings is 1. The summed E-state index contributed by atoms with van der Waals surface area (Å²) in [5.41, 5.74) is 0. The fourth-order valence-electron chi connectivity index (χ4n) is 3.85. The second-order valence-corrected chi connectivity index (χ2v) is 7.38. The van der Waals surface area contributed by atoms with Crippen molar-refractivity contribution in [2.24, 2.45) is 5.92 Å². The topological polar surface area (TPSA) is 27.7 Å². The van der Waals surface area contributed by atoms with E-state index in [4.69, 9.17) is 4.74 Å². The molecule has 21 heavy (non-hydrogen) atoms. The van der Waals surface area contributed by atoms with Crippen molar-refractivity contribution in [2.75, 3.05) is 46.9 Å². The smallest absolute Gasteiger partial charge is 0.0829 e. The highest BCUT2D eigenvalue weighted by atomic mass is 16.5. The summed E-state index contributed by atoms with van der Waals surface area (Å²) < 4.78 is 6.00. The fraction of sp³-hybridized carbons (Fsp3) is 1.00. The van der Waals surface area contributed by atoms with Crippen molar-refractivity contribution in [2.45, 2.75) is 57.7 Å². The van der Waals surface area contributed by atoms with Crippen molar-refractivity contribution < 1.29 is 4.74 Å². The third-order valence-electron chi connectivity index (χ3n) is 5.07. The van der Waals surface area contributed by atoms with Crippen LogP contribution < -0.4 is 5.32 Å². The second kappa shape index (κ2) is 8.47. The number of hydrogen-bond donors (Lipinski definition) is 1. The summed E-state index contributed by atoms with van der Waals surface area (Å²) in [6.07, 6.45) is 5.67. The van der Waals surface area contributed by atoms with Crippen molar-refractivity contribution >= 4 is 0 Å². The molecule has 4 heteroatoms. The molecule has 1 aliphatic carbocycles. The summed E-state index contributed by atoms with van der Waals surface area (Å²) in [4.78, 5) is 5.12. The van der Waals surface area contributed by atoms with E-state index in [2.05, 4.69) is 43.1 Å². The molecule has 1 atom stereocenters. The van der Waals surface area contributed by atoms with Crippen LogP contribution >= 0.6 is 0 Å². The molecule has 1 saturated carbocycles. The largest absolute Gasteiger partial charge is 0.374 e. The van der Waals surface area contributed by atoms with Gasteiger partial charge < -0.3 is 15.0 Å². The first-order chi connectivity index (χ1) is 10.1. The lowest BCUT2D eigenvalue weighted by atomic mass is 9.90. The average molecular weight is 297 g/mol. The second-order valence-electron chi connectivity index (χ2n) is 7.38. The Balaban J connectivity index is 1.73. The lowest BCUT2D eigenvalue weighted by Crippen LogP contribution is -2.50. The molecule has 2 fully saturated rings. The number of rotatable bonds is 6. The molecule has 0 spiro atoms. The summed E-state index contributed by atoms with van der Waals surface area (Å²) in [6, 6.07) is 1.49. The van der Waals surface area contributed by atoms with E-state index in [1.165, 1.54) is 32.2 Å². The number of likely N-dealkylation sites (N-methyl/N-ethyl adjacent to an activating group) is 1. The lowest BCUT2D eigenvalue weighted by molar-refractivity contribution is -0.0494.